The number of carboxylic acids is 1. The minimum Gasteiger partial charge on any atom is -0.477 e. The van der Waals surface area contributed by atoms with Crippen LogP contribution in [0.15, 0.2) is 24.4 Å². The Labute approximate surface area is 115 Å². The molecule has 0 fully saturated rings. The minimum atomic E-state index is -4.43. The zero-order valence-electron chi connectivity index (χ0n) is 10.2. The van der Waals surface area contributed by atoms with Gasteiger partial charge in [0, 0.05) is 5.69 Å². The number of aryl methyl sites for hydroxylation is 1. The molecule has 0 aliphatic heterocycles. The SMILES string of the molecule is Cc1ccc(Nc2ncc(C(=O)O)s2)cc1C(F)(F)F. The molecule has 8 heteroatoms. The number of anilines is 2. The fraction of sp³-hybridized carbons (Fsp3) is 0.167. The number of benzene rings is 1. The highest BCUT2D eigenvalue weighted by molar-refractivity contribution is 7.17. The van der Waals surface area contributed by atoms with Crippen molar-refractivity contribution in [1.82, 2.24) is 4.98 Å². The van der Waals surface area contributed by atoms with Crippen LogP contribution in [0.5, 0.6) is 0 Å². The van der Waals surface area contributed by atoms with E-state index in [1.54, 1.807) is 0 Å². The van der Waals surface area contributed by atoms with Crippen LogP contribution in [-0.2, 0) is 6.18 Å². The lowest BCUT2D eigenvalue weighted by molar-refractivity contribution is -0.138. The van der Waals surface area contributed by atoms with Gasteiger partial charge in [-0.3, -0.25) is 0 Å². The summed E-state index contributed by atoms with van der Waals surface area (Å²) in [6.45, 7) is 1.37. The van der Waals surface area contributed by atoms with Crippen LogP contribution < -0.4 is 5.32 Å². The monoisotopic (exact) mass is 302 g/mol. The van der Waals surface area contributed by atoms with Crippen LogP contribution in [0.25, 0.3) is 0 Å². The Hall–Kier alpha value is -2.09. The number of alkyl halides is 3. The van der Waals surface area contributed by atoms with Crippen molar-refractivity contribution in [3.63, 3.8) is 0 Å². The van der Waals surface area contributed by atoms with Crippen LogP contribution in [0, 0.1) is 6.92 Å². The molecule has 4 nitrogen and oxygen atoms in total. The molecule has 2 aromatic rings. The number of carbonyl (C=O) groups is 1. The summed E-state index contributed by atoms with van der Waals surface area (Å²) in [5.41, 5.74) is -0.417. The van der Waals surface area contributed by atoms with Gasteiger partial charge in [-0.25, -0.2) is 9.78 Å². The van der Waals surface area contributed by atoms with Crippen LogP contribution >= 0.6 is 11.3 Å². The van der Waals surface area contributed by atoms with Gasteiger partial charge in [-0.1, -0.05) is 17.4 Å². The van der Waals surface area contributed by atoms with E-state index < -0.39 is 17.7 Å². The second-order valence-electron chi connectivity index (χ2n) is 3.99. The smallest absolute Gasteiger partial charge is 0.416 e. The lowest BCUT2D eigenvalue weighted by Gasteiger charge is -2.12. The highest BCUT2D eigenvalue weighted by atomic mass is 32.1. The summed E-state index contributed by atoms with van der Waals surface area (Å²) in [6.07, 6.45) is -3.29. The molecule has 0 amide bonds. The Morgan fingerprint density at radius 3 is 2.65 bits per heavy atom. The molecule has 0 bridgehead atoms. The number of thiazole rings is 1. The Morgan fingerprint density at radius 2 is 2.10 bits per heavy atom. The van der Waals surface area contributed by atoms with Crippen molar-refractivity contribution < 1.29 is 23.1 Å². The number of hydrogen-bond donors (Lipinski definition) is 2. The normalized spacial score (nSPS) is 11.4. The van der Waals surface area contributed by atoms with Crippen molar-refractivity contribution in [1.29, 1.82) is 0 Å². The summed E-state index contributed by atoms with van der Waals surface area (Å²) in [4.78, 5) is 14.5. The minimum absolute atomic E-state index is 0.00987. The largest absolute Gasteiger partial charge is 0.477 e. The first-order valence-electron chi connectivity index (χ1n) is 5.41. The van der Waals surface area contributed by atoms with E-state index in [2.05, 4.69) is 10.3 Å². The van der Waals surface area contributed by atoms with Crippen molar-refractivity contribution >= 4 is 28.1 Å². The number of carboxylic acid groups (broad SMARTS) is 1. The molecular formula is C12H9F3N2O2S. The van der Waals surface area contributed by atoms with Crippen LogP contribution in [0.3, 0.4) is 0 Å². The third-order valence-electron chi connectivity index (χ3n) is 2.51. The van der Waals surface area contributed by atoms with Gasteiger partial charge in [0.2, 0.25) is 0 Å². The van der Waals surface area contributed by atoms with Crippen molar-refractivity contribution in [2.45, 2.75) is 13.1 Å². The van der Waals surface area contributed by atoms with E-state index in [9.17, 15) is 18.0 Å². The maximum atomic E-state index is 12.8. The van der Waals surface area contributed by atoms with Crippen LogP contribution in [0.1, 0.15) is 20.8 Å². The fourth-order valence-electron chi connectivity index (χ4n) is 1.56. The van der Waals surface area contributed by atoms with Gasteiger partial charge < -0.3 is 10.4 Å². The summed E-state index contributed by atoms with van der Waals surface area (Å²) >= 11 is 0.850. The summed E-state index contributed by atoms with van der Waals surface area (Å²) in [5.74, 6) is -1.13. The molecule has 106 valence electrons. The molecule has 1 aromatic carbocycles. The lowest BCUT2D eigenvalue weighted by Crippen LogP contribution is -2.08. The standard InChI is InChI=1S/C12H9F3N2O2S/c1-6-2-3-7(4-8(6)12(13,14)15)17-11-16-5-9(20-11)10(18)19/h2-5H,1H3,(H,16,17)(H,18,19). The van der Waals surface area contributed by atoms with Crippen molar-refractivity contribution in [3.8, 4) is 0 Å². The van der Waals surface area contributed by atoms with Gasteiger partial charge in [0.05, 0.1) is 11.8 Å². The number of rotatable bonds is 3. The molecule has 0 aliphatic carbocycles. The molecule has 0 aliphatic rings. The van der Waals surface area contributed by atoms with Crippen LogP contribution in [0.4, 0.5) is 24.0 Å². The Morgan fingerprint density at radius 1 is 1.40 bits per heavy atom. The number of nitrogens with one attached hydrogen (secondary N) is 1. The van der Waals surface area contributed by atoms with Gasteiger partial charge >= 0.3 is 12.1 Å². The van der Waals surface area contributed by atoms with Gasteiger partial charge in [0.25, 0.3) is 0 Å². The predicted octanol–water partition coefficient (Wildman–Crippen LogP) is 3.91. The first-order valence-corrected chi connectivity index (χ1v) is 6.23. The van der Waals surface area contributed by atoms with Gasteiger partial charge in [-0.2, -0.15) is 13.2 Å². The highest BCUT2D eigenvalue weighted by Crippen LogP contribution is 2.34. The zero-order valence-corrected chi connectivity index (χ0v) is 11.0. The van der Waals surface area contributed by atoms with Gasteiger partial charge in [-0.15, -0.1) is 0 Å². The Kier molecular flexibility index (Phi) is 3.67. The van der Waals surface area contributed by atoms with Crippen LogP contribution in [-0.4, -0.2) is 16.1 Å². The van der Waals surface area contributed by atoms with Crippen LogP contribution in [0.2, 0.25) is 0 Å². The van der Waals surface area contributed by atoms with Gasteiger partial charge in [0.15, 0.2) is 5.13 Å². The highest BCUT2D eigenvalue weighted by Gasteiger charge is 2.32. The van der Waals surface area contributed by atoms with Crippen molar-refractivity contribution in [3.05, 3.63) is 40.4 Å². The summed E-state index contributed by atoms with van der Waals surface area (Å²) in [5, 5.41) is 11.6. The molecule has 0 radical (unpaired) electrons. The molecule has 20 heavy (non-hydrogen) atoms. The van der Waals surface area contributed by atoms with E-state index in [1.807, 2.05) is 0 Å². The second kappa shape index (κ2) is 5.12. The van der Waals surface area contributed by atoms with E-state index in [0.717, 1.165) is 23.6 Å². The molecule has 0 atom stereocenters. The van der Waals surface area contributed by atoms with E-state index >= 15 is 0 Å². The fourth-order valence-corrected chi connectivity index (χ4v) is 2.23. The molecule has 0 saturated carbocycles. The third-order valence-corrected chi connectivity index (χ3v) is 3.41. The number of aromatic nitrogens is 1. The summed E-state index contributed by atoms with van der Waals surface area (Å²) < 4.78 is 38.3. The van der Waals surface area contributed by atoms with E-state index in [4.69, 9.17) is 5.11 Å². The molecule has 2 rings (SSSR count). The average molecular weight is 302 g/mol. The maximum absolute atomic E-state index is 12.8. The quantitative estimate of drug-likeness (QED) is 0.902. The van der Waals surface area contributed by atoms with E-state index in [-0.39, 0.29) is 21.3 Å². The molecule has 0 unspecified atom stereocenters. The molecule has 2 N–H and O–H groups in total. The number of halogens is 3. The van der Waals surface area contributed by atoms with Gasteiger partial charge in [0.1, 0.15) is 4.88 Å². The molecule has 1 aromatic heterocycles. The molecule has 0 saturated heterocycles. The number of nitrogens with zero attached hydrogens (tertiary/aromatic N) is 1. The second-order valence-corrected chi connectivity index (χ2v) is 5.02. The maximum Gasteiger partial charge on any atom is 0.416 e. The molecule has 1 heterocycles. The van der Waals surface area contributed by atoms with E-state index in [1.165, 1.54) is 19.1 Å². The average Bonchev–Trinajstić information content (AvgIpc) is 2.79. The zero-order chi connectivity index (χ0) is 14.9. The first kappa shape index (κ1) is 14.3. The lowest BCUT2D eigenvalue weighted by atomic mass is 10.1. The molecular weight excluding hydrogens is 293 g/mol. The van der Waals surface area contributed by atoms with Crippen molar-refractivity contribution in [2.75, 3.05) is 5.32 Å². The first-order chi connectivity index (χ1) is 9.27. The topological polar surface area (TPSA) is 62.2 Å². The van der Waals surface area contributed by atoms with Crippen molar-refractivity contribution in [2.24, 2.45) is 0 Å². The summed E-state index contributed by atoms with van der Waals surface area (Å²) in [6, 6.07) is 3.79. The molecule has 0 spiro atoms. The summed E-state index contributed by atoms with van der Waals surface area (Å²) in [7, 11) is 0. The Bertz CT molecular complexity index is 652. The third kappa shape index (κ3) is 3.08. The van der Waals surface area contributed by atoms with E-state index in [0.29, 0.717) is 0 Å². The van der Waals surface area contributed by atoms with Gasteiger partial charge in [-0.05, 0) is 24.6 Å². The predicted molar refractivity (Wildman–Crippen MR) is 68.5 cm³/mol. The Balaban J connectivity index is 2.27. The number of aromatic carboxylic acids is 1. The number of hydrogen-bond acceptors (Lipinski definition) is 4.